The van der Waals surface area contributed by atoms with Crippen LogP contribution in [-0.4, -0.2) is 160 Å². The van der Waals surface area contributed by atoms with Crippen molar-refractivity contribution < 1.29 is 94.1 Å². The SMILES string of the molecule is C[C@@H]1O[C@@H](O[C@@H]2[C@@H](O)[C@@H](O)[C@H](OC[C@H]3O[C@@H](Oc4c(-c5ccc(O)c(O)c5)oc5cc(O)cc(O)c5c4=O)[C@H](O)[C@@H](O)[C@@H]3O)O[C@H]2C)[C@H](O)[C@H](O)[C@H]1O. The van der Waals surface area contributed by atoms with Gasteiger partial charge < -0.3 is 94.1 Å². The van der Waals surface area contributed by atoms with Crippen molar-refractivity contribution >= 4 is 11.0 Å². The summed E-state index contributed by atoms with van der Waals surface area (Å²) in [5.41, 5.74) is -1.44. The van der Waals surface area contributed by atoms with Gasteiger partial charge in [-0.25, -0.2) is 0 Å². The number of rotatable bonds is 8. The van der Waals surface area contributed by atoms with Gasteiger partial charge in [-0.1, -0.05) is 0 Å². The van der Waals surface area contributed by atoms with Gasteiger partial charge in [-0.15, -0.1) is 0 Å². The van der Waals surface area contributed by atoms with Gasteiger partial charge in [0.1, 0.15) is 83.5 Å². The van der Waals surface area contributed by atoms with E-state index in [2.05, 4.69) is 0 Å². The highest BCUT2D eigenvalue weighted by Gasteiger charge is 2.51. The first-order valence-corrected chi connectivity index (χ1v) is 16.4. The fourth-order valence-corrected chi connectivity index (χ4v) is 6.30. The lowest BCUT2D eigenvalue weighted by Crippen LogP contribution is -2.63. The van der Waals surface area contributed by atoms with Gasteiger partial charge in [0.15, 0.2) is 29.8 Å². The molecule has 0 unspecified atom stereocenters. The molecule has 0 bridgehead atoms. The third-order valence-corrected chi connectivity index (χ3v) is 9.36. The minimum atomic E-state index is -2.03. The first-order chi connectivity index (χ1) is 25.0. The lowest BCUT2D eigenvalue weighted by Gasteiger charge is -2.46. The zero-order chi connectivity index (χ0) is 38.6. The molecule has 4 heterocycles. The molecular weight excluding hydrogens is 716 g/mol. The summed E-state index contributed by atoms with van der Waals surface area (Å²) in [6.07, 6.45) is -24.2. The second kappa shape index (κ2) is 15.1. The zero-order valence-corrected chi connectivity index (χ0v) is 27.9. The molecule has 0 spiro atoms. The van der Waals surface area contributed by atoms with Gasteiger partial charge in [0.25, 0.3) is 0 Å². The molecule has 0 saturated carbocycles. The molecule has 1 aromatic heterocycles. The largest absolute Gasteiger partial charge is 0.508 e. The lowest BCUT2D eigenvalue weighted by molar-refractivity contribution is -0.357. The first-order valence-electron chi connectivity index (χ1n) is 16.4. The normalized spacial score (nSPS) is 37.8. The highest BCUT2D eigenvalue weighted by Crippen LogP contribution is 2.40. The minimum absolute atomic E-state index is 0.0610. The van der Waals surface area contributed by atoms with Crippen LogP contribution in [0.3, 0.4) is 0 Å². The number of phenolic OH excluding ortho intramolecular Hbond substituents is 4. The number of aromatic hydroxyl groups is 4. The molecule has 3 saturated heterocycles. The molecule has 0 amide bonds. The fraction of sp³-hybridized carbons (Fsp3) is 0.545. The standard InChI is InChI=1S/C33H40O20/c1-9-19(38)22(41)25(44)32(48-9)52-28-10(2)49-31(27(46)24(28)43)47-8-17-20(39)23(42)26(45)33(51-17)53-30-21(40)18-15(37)6-12(34)7-16(18)50-29(30)11-3-4-13(35)14(36)5-11/h3-7,9-10,17,19-20,22-28,31-39,41-46H,8H2,1-2H3/t9-,10-,17+,19-,20+,22+,23-,24-,25+,26+,27+,28-,31+,32-,33-/m0/s1. The van der Waals surface area contributed by atoms with E-state index in [1.165, 1.54) is 19.9 Å². The molecule has 15 atom stereocenters. The summed E-state index contributed by atoms with van der Waals surface area (Å²) >= 11 is 0. The van der Waals surface area contributed by atoms with Crippen LogP contribution >= 0.6 is 0 Å². The fourth-order valence-electron chi connectivity index (χ4n) is 6.30. The van der Waals surface area contributed by atoms with Crippen molar-refractivity contribution in [3.05, 3.63) is 40.6 Å². The smallest absolute Gasteiger partial charge is 0.239 e. The van der Waals surface area contributed by atoms with Crippen LogP contribution in [0.5, 0.6) is 28.7 Å². The lowest BCUT2D eigenvalue weighted by atomic mass is 9.97. The Hall–Kier alpha value is -3.87. The van der Waals surface area contributed by atoms with E-state index in [4.69, 9.17) is 32.8 Å². The average Bonchev–Trinajstić information content (AvgIpc) is 3.11. The highest BCUT2D eigenvalue weighted by atomic mass is 16.7. The Labute approximate surface area is 298 Å². The second-order valence-electron chi connectivity index (χ2n) is 13.1. The van der Waals surface area contributed by atoms with E-state index < -0.39 is 144 Å². The monoisotopic (exact) mass is 756 g/mol. The van der Waals surface area contributed by atoms with Crippen LogP contribution in [0, 0.1) is 0 Å². The summed E-state index contributed by atoms with van der Waals surface area (Å²) in [5, 5.41) is 124. The quantitative estimate of drug-likeness (QED) is 0.103. The molecule has 3 aromatic rings. The molecule has 3 aliphatic rings. The van der Waals surface area contributed by atoms with Crippen LogP contribution in [0.4, 0.5) is 0 Å². The Kier molecular flexibility index (Phi) is 11.1. The molecule has 292 valence electrons. The third-order valence-electron chi connectivity index (χ3n) is 9.36. The number of aliphatic hydroxyl groups is 8. The number of hydrogen-bond acceptors (Lipinski definition) is 20. The number of aliphatic hydroxyl groups excluding tert-OH is 8. The van der Waals surface area contributed by atoms with Crippen molar-refractivity contribution in [1.82, 2.24) is 0 Å². The van der Waals surface area contributed by atoms with E-state index in [1.54, 1.807) is 0 Å². The maximum absolute atomic E-state index is 13.7. The number of fused-ring (bicyclic) bond motifs is 1. The van der Waals surface area contributed by atoms with Crippen molar-refractivity contribution in [2.45, 2.75) is 106 Å². The predicted molar refractivity (Wildman–Crippen MR) is 171 cm³/mol. The number of ether oxygens (including phenoxy) is 6. The van der Waals surface area contributed by atoms with Crippen molar-refractivity contribution in [3.8, 4) is 40.1 Å². The highest BCUT2D eigenvalue weighted by molar-refractivity contribution is 5.88. The van der Waals surface area contributed by atoms with Crippen LogP contribution < -0.4 is 10.2 Å². The van der Waals surface area contributed by atoms with Crippen molar-refractivity contribution in [1.29, 1.82) is 0 Å². The van der Waals surface area contributed by atoms with E-state index in [-0.39, 0.29) is 11.1 Å². The van der Waals surface area contributed by atoms with Gasteiger partial charge in [-0.3, -0.25) is 4.79 Å². The Balaban J connectivity index is 1.20. The van der Waals surface area contributed by atoms with E-state index in [9.17, 15) is 66.1 Å². The zero-order valence-electron chi connectivity index (χ0n) is 27.9. The first kappa shape index (κ1) is 38.8. The Morgan fingerprint density at radius 1 is 0.642 bits per heavy atom. The number of phenols is 4. The van der Waals surface area contributed by atoms with Crippen LogP contribution in [0.2, 0.25) is 0 Å². The van der Waals surface area contributed by atoms with Crippen molar-refractivity contribution in [3.63, 3.8) is 0 Å². The molecular formula is C33H40O20. The van der Waals surface area contributed by atoms with Crippen LogP contribution in [0.15, 0.2) is 39.5 Å². The average molecular weight is 757 g/mol. The molecule has 6 rings (SSSR count). The number of benzene rings is 2. The molecule has 53 heavy (non-hydrogen) atoms. The maximum Gasteiger partial charge on any atom is 0.239 e. The van der Waals surface area contributed by atoms with Gasteiger partial charge >= 0.3 is 0 Å². The van der Waals surface area contributed by atoms with E-state index >= 15 is 0 Å². The van der Waals surface area contributed by atoms with Gasteiger partial charge in [0.05, 0.1) is 18.8 Å². The number of hydrogen-bond donors (Lipinski definition) is 12. The third kappa shape index (κ3) is 7.34. The minimum Gasteiger partial charge on any atom is -0.508 e. The van der Waals surface area contributed by atoms with Crippen LogP contribution in [0.25, 0.3) is 22.3 Å². The predicted octanol–water partition coefficient (Wildman–Crippen LogP) is -2.84. The van der Waals surface area contributed by atoms with Crippen molar-refractivity contribution in [2.24, 2.45) is 0 Å². The summed E-state index contributed by atoms with van der Waals surface area (Å²) in [7, 11) is 0. The summed E-state index contributed by atoms with van der Waals surface area (Å²) in [5.74, 6) is -3.50. The van der Waals surface area contributed by atoms with Crippen LogP contribution in [0.1, 0.15) is 13.8 Å². The Morgan fingerprint density at radius 2 is 1.28 bits per heavy atom. The molecule has 20 nitrogen and oxygen atoms in total. The van der Waals surface area contributed by atoms with Gasteiger partial charge in [0.2, 0.25) is 17.5 Å². The molecule has 3 aliphatic heterocycles. The molecule has 3 fully saturated rings. The molecule has 2 aromatic carbocycles. The van der Waals surface area contributed by atoms with E-state index in [0.717, 1.165) is 24.3 Å². The topological polar surface area (TPSA) is 328 Å². The van der Waals surface area contributed by atoms with Gasteiger partial charge in [-0.05, 0) is 32.0 Å². The molecule has 20 heteroatoms. The van der Waals surface area contributed by atoms with Crippen LogP contribution in [-0.2, 0) is 23.7 Å². The maximum atomic E-state index is 13.7. The summed E-state index contributed by atoms with van der Waals surface area (Å²) in [4.78, 5) is 13.7. The van der Waals surface area contributed by atoms with E-state index in [1.807, 2.05) is 0 Å². The summed E-state index contributed by atoms with van der Waals surface area (Å²) in [6, 6.07) is 5.16. The Morgan fingerprint density at radius 3 is 1.98 bits per heavy atom. The van der Waals surface area contributed by atoms with Gasteiger partial charge in [-0.2, -0.15) is 0 Å². The second-order valence-corrected chi connectivity index (χ2v) is 13.1. The summed E-state index contributed by atoms with van der Waals surface area (Å²) in [6.45, 7) is 2.16. The summed E-state index contributed by atoms with van der Waals surface area (Å²) < 4.78 is 39.5. The Bertz CT molecular complexity index is 1830. The van der Waals surface area contributed by atoms with Gasteiger partial charge in [0, 0.05) is 17.7 Å². The van der Waals surface area contributed by atoms with Crippen molar-refractivity contribution in [2.75, 3.05) is 6.61 Å². The van der Waals surface area contributed by atoms with E-state index in [0.29, 0.717) is 0 Å². The molecule has 0 radical (unpaired) electrons. The molecule has 0 aliphatic carbocycles. The molecule has 12 N–H and O–H groups in total.